The number of anilines is 1. The maximum absolute atomic E-state index is 11.9. The molecule has 1 unspecified atom stereocenters. The smallest absolute Gasteiger partial charge is 0.302 e. The third kappa shape index (κ3) is 4.77. The fourth-order valence-corrected chi connectivity index (χ4v) is 2.30. The number of nitrogens with zero attached hydrogens (tertiary/aromatic N) is 1. The van der Waals surface area contributed by atoms with Crippen LogP contribution in [0.4, 0.5) is 5.69 Å². The minimum absolute atomic E-state index is 0.0852. The maximum Gasteiger partial charge on any atom is 0.302 e. The van der Waals surface area contributed by atoms with E-state index in [4.69, 9.17) is 4.74 Å². The predicted molar refractivity (Wildman–Crippen MR) is 89.5 cm³/mol. The predicted octanol–water partition coefficient (Wildman–Crippen LogP) is 2.03. The molecule has 0 aliphatic rings. The van der Waals surface area contributed by atoms with Gasteiger partial charge in [0, 0.05) is 24.2 Å². The van der Waals surface area contributed by atoms with Gasteiger partial charge in [0.1, 0.15) is 6.10 Å². The van der Waals surface area contributed by atoms with Crippen molar-refractivity contribution in [2.45, 2.75) is 33.3 Å². The van der Waals surface area contributed by atoms with Gasteiger partial charge in [-0.3, -0.25) is 14.4 Å². The number of carbonyl (C=O) groups is 2. The Morgan fingerprint density at radius 3 is 2.54 bits per heavy atom. The molecule has 126 valence electrons. The number of ether oxygens (including phenoxy) is 1. The SMILES string of the molecule is CC(=O)OC(C)CC(=O)Nc1ccc(-c2n[nH]c(=O)cc2C)cc1. The fourth-order valence-electron chi connectivity index (χ4n) is 2.30. The summed E-state index contributed by atoms with van der Waals surface area (Å²) in [6, 6.07) is 8.58. The number of benzene rings is 1. The average Bonchev–Trinajstić information content (AvgIpc) is 2.47. The Hall–Kier alpha value is -2.96. The van der Waals surface area contributed by atoms with Gasteiger partial charge in [-0.25, -0.2) is 5.10 Å². The quantitative estimate of drug-likeness (QED) is 0.817. The van der Waals surface area contributed by atoms with Crippen LogP contribution in [0.25, 0.3) is 11.3 Å². The lowest BCUT2D eigenvalue weighted by atomic mass is 10.1. The molecule has 2 aromatic rings. The van der Waals surface area contributed by atoms with Crippen LogP contribution in [0, 0.1) is 6.92 Å². The first-order chi connectivity index (χ1) is 11.3. The Kier molecular flexibility index (Phi) is 5.47. The molecule has 0 radical (unpaired) electrons. The molecular formula is C17H19N3O4. The lowest BCUT2D eigenvalue weighted by Crippen LogP contribution is -2.21. The van der Waals surface area contributed by atoms with E-state index in [-0.39, 0.29) is 17.9 Å². The van der Waals surface area contributed by atoms with Crippen LogP contribution in [0.1, 0.15) is 25.8 Å². The van der Waals surface area contributed by atoms with E-state index in [1.807, 2.05) is 6.92 Å². The zero-order chi connectivity index (χ0) is 17.7. The van der Waals surface area contributed by atoms with Crippen LogP contribution in [-0.2, 0) is 14.3 Å². The number of aromatic nitrogens is 2. The summed E-state index contributed by atoms with van der Waals surface area (Å²) in [4.78, 5) is 33.9. The number of hydrogen-bond acceptors (Lipinski definition) is 5. The number of rotatable bonds is 5. The van der Waals surface area contributed by atoms with Crippen molar-refractivity contribution < 1.29 is 14.3 Å². The van der Waals surface area contributed by atoms with Crippen LogP contribution in [-0.4, -0.2) is 28.2 Å². The zero-order valence-electron chi connectivity index (χ0n) is 13.8. The summed E-state index contributed by atoms with van der Waals surface area (Å²) in [5, 5.41) is 9.18. The van der Waals surface area contributed by atoms with Gasteiger partial charge in [0.15, 0.2) is 0 Å². The van der Waals surface area contributed by atoms with Gasteiger partial charge >= 0.3 is 5.97 Å². The van der Waals surface area contributed by atoms with Crippen molar-refractivity contribution in [1.82, 2.24) is 10.2 Å². The largest absolute Gasteiger partial charge is 0.462 e. The monoisotopic (exact) mass is 329 g/mol. The first-order valence-electron chi connectivity index (χ1n) is 7.49. The van der Waals surface area contributed by atoms with Crippen molar-refractivity contribution in [3.63, 3.8) is 0 Å². The van der Waals surface area contributed by atoms with E-state index in [1.165, 1.54) is 13.0 Å². The van der Waals surface area contributed by atoms with Crippen LogP contribution in [0.5, 0.6) is 0 Å². The van der Waals surface area contributed by atoms with Gasteiger partial charge in [0.25, 0.3) is 5.56 Å². The van der Waals surface area contributed by atoms with Gasteiger partial charge < -0.3 is 10.1 Å². The lowest BCUT2D eigenvalue weighted by Gasteiger charge is -2.12. The van der Waals surface area contributed by atoms with Crippen LogP contribution in [0.2, 0.25) is 0 Å². The molecule has 1 aromatic heterocycles. The van der Waals surface area contributed by atoms with E-state index in [9.17, 15) is 14.4 Å². The molecule has 0 saturated carbocycles. The third-order valence-electron chi connectivity index (χ3n) is 3.28. The standard InChI is InChI=1S/C17H19N3O4/c1-10-8-16(23)19-20-17(10)13-4-6-14(7-5-13)18-15(22)9-11(2)24-12(3)21/h4-8,11H,9H2,1-3H3,(H,18,22)(H,19,23). The Labute approximate surface area is 139 Å². The summed E-state index contributed by atoms with van der Waals surface area (Å²) < 4.78 is 4.92. The van der Waals surface area contributed by atoms with Crippen LogP contribution < -0.4 is 10.9 Å². The van der Waals surface area contributed by atoms with Gasteiger partial charge in [-0.15, -0.1) is 0 Å². The van der Waals surface area contributed by atoms with Gasteiger partial charge in [0.05, 0.1) is 12.1 Å². The Bertz CT molecular complexity index is 796. The second-order valence-corrected chi connectivity index (χ2v) is 5.51. The minimum atomic E-state index is -0.477. The molecule has 1 atom stereocenters. The van der Waals surface area contributed by atoms with Crippen molar-refractivity contribution in [2.75, 3.05) is 5.32 Å². The van der Waals surface area contributed by atoms with E-state index in [0.717, 1.165) is 11.1 Å². The number of aromatic amines is 1. The van der Waals surface area contributed by atoms with Crippen LogP contribution in [0.3, 0.4) is 0 Å². The number of H-pyrrole nitrogens is 1. The highest BCUT2D eigenvalue weighted by Crippen LogP contribution is 2.21. The number of esters is 1. The molecule has 7 nitrogen and oxygen atoms in total. The summed E-state index contributed by atoms with van der Waals surface area (Å²) in [5.74, 6) is -0.654. The van der Waals surface area contributed by atoms with E-state index in [1.54, 1.807) is 31.2 Å². The molecule has 0 aliphatic carbocycles. The molecule has 2 rings (SSSR count). The molecule has 1 amide bonds. The van der Waals surface area contributed by atoms with Gasteiger partial charge in [-0.2, -0.15) is 5.10 Å². The maximum atomic E-state index is 11.9. The normalized spacial score (nSPS) is 11.6. The van der Waals surface area contributed by atoms with E-state index < -0.39 is 12.1 Å². The Morgan fingerprint density at radius 1 is 1.29 bits per heavy atom. The summed E-state index contributed by atoms with van der Waals surface area (Å²) in [5.41, 5.74) is 2.65. The Morgan fingerprint density at radius 2 is 1.96 bits per heavy atom. The molecule has 0 bridgehead atoms. The van der Waals surface area contributed by atoms with Crippen LogP contribution >= 0.6 is 0 Å². The number of carbonyl (C=O) groups excluding carboxylic acids is 2. The molecule has 0 saturated heterocycles. The first kappa shape index (κ1) is 17.4. The topological polar surface area (TPSA) is 101 Å². The highest BCUT2D eigenvalue weighted by Gasteiger charge is 2.12. The highest BCUT2D eigenvalue weighted by molar-refractivity contribution is 5.91. The summed E-state index contributed by atoms with van der Waals surface area (Å²) in [6.45, 7) is 4.78. The van der Waals surface area contributed by atoms with Crippen molar-refractivity contribution >= 4 is 17.6 Å². The van der Waals surface area contributed by atoms with Gasteiger partial charge in [-0.1, -0.05) is 12.1 Å². The summed E-state index contributed by atoms with van der Waals surface area (Å²) in [6.07, 6.45) is -0.392. The van der Waals surface area contributed by atoms with E-state index in [2.05, 4.69) is 15.5 Å². The number of hydrogen-bond donors (Lipinski definition) is 2. The van der Waals surface area contributed by atoms with Crippen molar-refractivity contribution in [3.05, 3.63) is 46.2 Å². The number of nitrogens with one attached hydrogen (secondary N) is 2. The minimum Gasteiger partial charge on any atom is -0.462 e. The molecule has 0 aliphatic heterocycles. The molecule has 0 fully saturated rings. The molecule has 7 heteroatoms. The van der Waals surface area contributed by atoms with Gasteiger partial charge in [-0.05, 0) is 31.5 Å². The second kappa shape index (κ2) is 7.54. The number of amides is 1. The lowest BCUT2D eigenvalue weighted by molar-refractivity contribution is -0.146. The Balaban J connectivity index is 2.03. The third-order valence-corrected chi connectivity index (χ3v) is 3.28. The molecule has 2 N–H and O–H groups in total. The number of aryl methyl sites for hydroxylation is 1. The van der Waals surface area contributed by atoms with E-state index >= 15 is 0 Å². The summed E-state index contributed by atoms with van der Waals surface area (Å²) in [7, 11) is 0. The average molecular weight is 329 g/mol. The van der Waals surface area contributed by atoms with Gasteiger partial charge in [0.2, 0.25) is 5.91 Å². The molecule has 1 aromatic carbocycles. The second-order valence-electron chi connectivity index (χ2n) is 5.51. The summed E-state index contributed by atoms with van der Waals surface area (Å²) >= 11 is 0. The molecular weight excluding hydrogens is 310 g/mol. The molecule has 24 heavy (non-hydrogen) atoms. The molecule has 0 spiro atoms. The molecule has 1 heterocycles. The van der Waals surface area contributed by atoms with E-state index in [0.29, 0.717) is 11.4 Å². The van der Waals surface area contributed by atoms with Crippen molar-refractivity contribution in [2.24, 2.45) is 0 Å². The first-order valence-corrected chi connectivity index (χ1v) is 7.49. The van der Waals surface area contributed by atoms with Crippen molar-refractivity contribution in [3.8, 4) is 11.3 Å². The highest BCUT2D eigenvalue weighted by atomic mass is 16.5. The van der Waals surface area contributed by atoms with Crippen LogP contribution in [0.15, 0.2) is 35.1 Å². The van der Waals surface area contributed by atoms with Crippen molar-refractivity contribution in [1.29, 1.82) is 0 Å². The fraction of sp³-hybridized carbons (Fsp3) is 0.294. The zero-order valence-corrected chi connectivity index (χ0v) is 13.8.